The number of ether oxygens (including phenoxy) is 1. The molecule has 0 bridgehead atoms. The van der Waals surface area contributed by atoms with Crippen LogP contribution in [0.25, 0.3) is 0 Å². The van der Waals surface area contributed by atoms with Crippen LogP contribution in [0.2, 0.25) is 0 Å². The lowest BCUT2D eigenvalue weighted by molar-refractivity contribution is -0.151. The van der Waals surface area contributed by atoms with Crippen LogP contribution in [0.5, 0.6) is 0 Å². The fourth-order valence-corrected chi connectivity index (χ4v) is 3.95. The summed E-state index contributed by atoms with van der Waals surface area (Å²) in [4.78, 5) is 53.0. The number of benzene rings is 2. The number of aryl methyl sites for hydroxylation is 2. The fraction of sp³-hybridized carbons (Fsp3) is 0.304. The van der Waals surface area contributed by atoms with Crippen molar-refractivity contribution >= 4 is 29.4 Å². The topological polar surface area (TPSA) is 84.0 Å². The van der Waals surface area contributed by atoms with Crippen molar-refractivity contribution in [3.8, 4) is 0 Å². The van der Waals surface area contributed by atoms with Crippen molar-refractivity contribution in [3.05, 3.63) is 64.7 Å². The number of carbonyl (C=O) groups is 4. The second-order valence-corrected chi connectivity index (χ2v) is 7.59. The highest BCUT2D eigenvalue weighted by Crippen LogP contribution is 2.28. The standard InChI is InChI=1S/C23H22N2O5/c1-14-9-10-17-18(12-14)22(28)25(21(17)27)15(2)23(29)30-13-20(26)24-11-5-7-16-6-3-4-8-19(16)24/h3-4,6,8-10,12,15H,5,7,11,13H2,1-2H3. The predicted octanol–water partition coefficient (Wildman–Crippen LogP) is 2.50. The van der Waals surface area contributed by atoms with Gasteiger partial charge in [-0.2, -0.15) is 0 Å². The molecule has 0 spiro atoms. The molecule has 0 aliphatic carbocycles. The van der Waals surface area contributed by atoms with Gasteiger partial charge in [0.15, 0.2) is 6.61 Å². The number of amides is 3. The second-order valence-electron chi connectivity index (χ2n) is 7.59. The summed E-state index contributed by atoms with van der Waals surface area (Å²) in [5, 5.41) is 0. The Morgan fingerprint density at radius 2 is 1.80 bits per heavy atom. The number of fused-ring (bicyclic) bond motifs is 2. The monoisotopic (exact) mass is 406 g/mol. The van der Waals surface area contributed by atoms with Crippen LogP contribution in [0.15, 0.2) is 42.5 Å². The van der Waals surface area contributed by atoms with E-state index in [1.54, 1.807) is 23.1 Å². The van der Waals surface area contributed by atoms with Crippen LogP contribution in [0.1, 0.15) is 45.2 Å². The molecule has 2 aromatic carbocycles. The second kappa shape index (κ2) is 7.74. The van der Waals surface area contributed by atoms with E-state index in [4.69, 9.17) is 4.74 Å². The Bertz CT molecular complexity index is 1060. The molecule has 0 saturated carbocycles. The van der Waals surface area contributed by atoms with Gasteiger partial charge < -0.3 is 9.64 Å². The van der Waals surface area contributed by atoms with Crippen LogP contribution in [0.4, 0.5) is 5.69 Å². The molecule has 30 heavy (non-hydrogen) atoms. The minimum absolute atomic E-state index is 0.270. The van der Waals surface area contributed by atoms with Gasteiger partial charge in [-0.15, -0.1) is 0 Å². The van der Waals surface area contributed by atoms with E-state index in [0.29, 0.717) is 6.54 Å². The van der Waals surface area contributed by atoms with E-state index >= 15 is 0 Å². The average Bonchev–Trinajstić information content (AvgIpc) is 3.00. The Kier molecular flexibility index (Phi) is 5.11. The molecule has 0 saturated heterocycles. The molecule has 1 atom stereocenters. The van der Waals surface area contributed by atoms with Gasteiger partial charge in [0.2, 0.25) is 0 Å². The highest BCUT2D eigenvalue weighted by atomic mass is 16.5. The summed E-state index contributed by atoms with van der Waals surface area (Å²) in [6, 6.07) is 11.5. The molecule has 2 aromatic rings. The molecule has 2 heterocycles. The van der Waals surface area contributed by atoms with E-state index in [2.05, 4.69) is 0 Å². The Hall–Kier alpha value is -3.48. The maximum atomic E-state index is 12.7. The molecule has 7 heteroatoms. The highest BCUT2D eigenvalue weighted by molar-refractivity contribution is 6.22. The Balaban J connectivity index is 1.42. The third-order valence-electron chi connectivity index (χ3n) is 5.55. The van der Waals surface area contributed by atoms with E-state index in [1.807, 2.05) is 31.2 Å². The normalized spacial score (nSPS) is 16.2. The molecular weight excluding hydrogens is 384 g/mol. The van der Waals surface area contributed by atoms with Crippen LogP contribution >= 0.6 is 0 Å². The predicted molar refractivity (Wildman–Crippen MR) is 109 cm³/mol. The summed E-state index contributed by atoms with van der Waals surface area (Å²) in [6.07, 6.45) is 1.73. The molecular formula is C23H22N2O5. The van der Waals surface area contributed by atoms with Crippen molar-refractivity contribution in [3.63, 3.8) is 0 Å². The van der Waals surface area contributed by atoms with Gasteiger partial charge in [0.1, 0.15) is 6.04 Å². The minimum atomic E-state index is -1.13. The molecule has 2 aliphatic heterocycles. The molecule has 0 radical (unpaired) electrons. The summed E-state index contributed by atoms with van der Waals surface area (Å²) in [6.45, 7) is 3.36. The maximum Gasteiger partial charge on any atom is 0.329 e. The van der Waals surface area contributed by atoms with Gasteiger partial charge in [-0.05, 0) is 50.5 Å². The first-order valence-corrected chi connectivity index (χ1v) is 9.92. The number of carbonyl (C=O) groups excluding carboxylic acids is 4. The summed E-state index contributed by atoms with van der Waals surface area (Å²) in [5.41, 5.74) is 3.30. The van der Waals surface area contributed by atoms with Crippen molar-refractivity contribution in [1.82, 2.24) is 4.90 Å². The van der Waals surface area contributed by atoms with Gasteiger partial charge in [0.25, 0.3) is 17.7 Å². The van der Waals surface area contributed by atoms with Gasteiger partial charge >= 0.3 is 5.97 Å². The third kappa shape index (κ3) is 3.36. The summed E-state index contributed by atoms with van der Waals surface area (Å²) >= 11 is 0. The van der Waals surface area contributed by atoms with E-state index < -0.39 is 30.4 Å². The Labute approximate surface area is 174 Å². The molecule has 0 N–H and O–H groups in total. The summed E-state index contributed by atoms with van der Waals surface area (Å²) in [5.74, 6) is -2.18. The van der Waals surface area contributed by atoms with Crippen LogP contribution in [0, 0.1) is 6.92 Å². The summed E-state index contributed by atoms with van der Waals surface area (Å²) < 4.78 is 5.19. The van der Waals surface area contributed by atoms with Gasteiger partial charge in [-0.1, -0.05) is 29.8 Å². The maximum absolute atomic E-state index is 12.7. The molecule has 0 aromatic heterocycles. The summed E-state index contributed by atoms with van der Waals surface area (Å²) in [7, 11) is 0. The highest BCUT2D eigenvalue weighted by Gasteiger charge is 2.41. The first-order valence-electron chi connectivity index (χ1n) is 9.92. The van der Waals surface area contributed by atoms with Crippen molar-refractivity contribution < 1.29 is 23.9 Å². The fourth-order valence-electron chi connectivity index (χ4n) is 3.95. The first kappa shape index (κ1) is 19.8. The van der Waals surface area contributed by atoms with Crippen molar-refractivity contribution in [2.24, 2.45) is 0 Å². The lowest BCUT2D eigenvalue weighted by atomic mass is 10.0. The zero-order valence-electron chi connectivity index (χ0n) is 16.9. The molecule has 7 nitrogen and oxygen atoms in total. The Morgan fingerprint density at radius 3 is 2.60 bits per heavy atom. The van der Waals surface area contributed by atoms with Crippen LogP contribution in [-0.2, 0) is 20.7 Å². The van der Waals surface area contributed by atoms with Crippen molar-refractivity contribution in [1.29, 1.82) is 0 Å². The Morgan fingerprint density at radius 1 is 1.07 bits per heavy atom. The van der Waals surface area contributed by atoms with E-state index in [9.17, 15) is 19.2 Å². The molecule has 2 aliphatic rings. The SMILES string of the molecule is Cc1ccc2c(c1)C(=O)N(C(C)C(=O)OCC(=O)N1CCCc3ccccc31)C2=O. The smallest absolute Gasteiger partial charge is 0.329 e. The van der Waals surface area contributed by atoms with Crippen LogP contribution in [0.3, 0.4) is 0 Å². The average molecular weight is 406 g/mol. The minimum Gasteiger partial charge on any atom is -0.454 e. The molecule has 154 valence electrons. The lowest BCUT2D eigenvalue weighted by Gasteiger charge is -2.29. The first-order chi connectivity index (χ1) is 14.4. The van der Waals surface area contributed by atoms with Gasteiger partial charge in [0, 0.05) is 12.2 Å². The molecule has 0 fully saturated rings. The van der Waals surface area contributed by atoms with Gasteiger partial charge in [-0.3, -0.25) is 19.3 Å². The number of esters is 1. The zero-order chi connectivity index (χ0) is 21.4. The van der Waals surface area contributed by atoms with Crippen molar-refractivity contribution in [2.45, 2.75) is 32.7 Å². The van der Waals surface area contributed by atoms with E-state index in [-0.39, 0.29) is 17.0 Å². The quantitative estimate of drug-likeness (QED) is 0.575. The molecule has 3 amide bonds. The van der Waals surface area contributed by atoms with Gasteiger partial charge in [0.05, 0.1) is 11.1 Å². The number of rotatable bonds is 4. The van der Waals surface area contributed by atoms with Crippen molar-refractivity contribution in [2.75, 3.05) is 18.1 Å². The number of hydrogen-bond donors (Lipinski definition) is 0. The number of para-hydroxylation sites is 1. The lowest BCUT2D eigenvalue weighted by Crippen LogP contribution is -2.45. The number of imide groups is 1. The number of anilines is 1. The van der Waals surface area contributed by atoms with Crippen LogP contribution < -0.4 is 4.90 Å². The third-order valence-corrected chi connectivity index (χ3v) is 5.55. The van der Waals surface area contributed by atoms with E-state index in [1.165, 1.54) is 6.92 Å². The van der Waals surface area contributed by atoms with E-state index in [0.717, 1.165) is 34.6 Å². The molecule has 4 rings (SSSR count). The molecule has 1 unspecified atom stereocenters. The van der Waals surface area contributed by atoms with Gasteiger partial charge in [-0.25, -0.2) is 4.79 Å². The number of nitrogens with zero attached hydrogens (tertiary/aromatic N) is 2. The number of hydrogen-bond acceptors (Lipinski definition) is 5. The largest absolute Gasteiger partial charge is 0.454 e. The zero-order valence-corrected chi connectivity index (χ0v) is 16.9. The van der Waals surface area contributed by atoms with Crippen LogP contribution in [-0.4, -0.2) is 47.8 Å².